The Labute approximate surface area is 190 Å². The zero-order chi connectivity index (χ0) is 22.8. The average molecular weight is 432 g/mol. The first-order valence-corrected chi connectivity index (χ1v) is 10.6. The second-order valence-corrected chi connectivity index (χ2v) is 7.88. The Morgan fingerprint density at radius 2 is 1.88 bits per heavy atom. The molecule has 0 bridgehead atoms. The first-order valence-electron chi connectivity index (χ1n) is 10.6. The van der Waals surface area contributed by atoms with Gasteiger partial charge in [0.05, 0.1) is 29.0 Å². The molecule has 0 atom stereocenters. The minimum atomic E-state index is -0.156. The van der Waals surface area contributed by atoms with E-state index in [1.807, 2.05) is 49.9 Å². The Morgan fingerprint density at radius 1 is 0.970 bits per heavy atom. The average Bonchev–Trinajstić information content (AvgIpc) is 3.29. The van der Waals surface area contributed by atoms with Gasteiger partial charge in [-0.15, -0.1) is 0 Å². The van der Waals surface area contributed by atoms with E-state index in [4.69, 9.17) is 5.26 Å². The first kappa shape index (κ1) is 20.3. The van der Waals surface area contributed by atoms with Crippen molar-refractivity contribution in [3.63, 3.8) is 0 Å². The second-order valence-electron chi connectivity index (χ2n) is 7.88. The third-order valence-electron chi connectivity index (χ3n) is 5.55. The molecule has 0 aliphatic rings. The standard InChI is InChI=1S/C26H20N6O/c1-31-17-23(16-29-31)22-13-21-11-18(5-6-24(21)28-15-22)9-10-32-26(33)8-7-25(30-32)20-4-2-3-19(12-20)14-27/h2-8,11-13,15-17H,9-10H2,1H3. The summed E-state index contributed by atoms with van der Waals surface area (Å²) in [7, 11) is 1.89. The molecule has 7 heteroatoms. The zero-order valence-corrected chi connectivity index (χ0v) is 18.0. The first-order chi connectivity index (χ1) is 16.1. The summed E-state index contributed by atoms with van der Waals surface area (Å²) in [6.45, 7) is 0.450. The summed E-state index contributed by atoms with van der Waals surface area (Å²) < 4.78 is 3.24. The third kappa shape index (κ3) is 4.27. The second kappa shape index (κ2) is 8.52. The van der Waals surface area contributed by atoms with E-state index in [1.54, 1.807) is 22.9 Å². The zero-order valence-electron chi connectivity index (χ0n) is 18.0. The molecule has 5 rings (SSSR count). The Bertz CT molecular complexity index is 1570. The van der Waals surface area contributed by atoms with E-state index < -0.39 is 0 Å². The van der Waals surface area contributed by atoms with Gasteiger partial charge in [0.1, 0.15) is 0 Å². The van der Waals surface area contributed by atoms with Crippen LogP contribution in [0.25, 0.3) is 33.3 Å². The molecule has 0 radical (unpaired) electrons. The predicted molar refractivity (Wildman–Crippen MR) is 126 cm³/mol. The van der Waals surface area contributed by atoms with Gasteiger partial charge in [-0.25, -0.2) is 4.68 Å². The van der Waals surface area contributed by atoms with Crippen molar-refractivity contribution in [2.24, 2.45) is 7.05 Å². The number of hydrogen-bond acceptors (Lipinski definition) is 5. The van der Waals surface area contributed by atoms with Crippen molar-refractivity contribution >= 4 is 10.9 Å². The molecule has 0 saturated heterocycles. The van der Waals surface area contributed by atoms with Crippen LogP contribution in [0.4, 0.5) is 0 Å². The number of fused-ring (bicyclic) bond motifs is 1. The lowest BCUT2D eigenvalue weighted by Crippen LogP contribution is -2.23. The molecule has 0 saturated carbocycles. The van der Waals surface area contributed by atoms with Crippen LogP contribution in [0.15, 0.2) is 84.0 Å². The molecule has 0 fully saturated rings. The Balaban J connectivity index is 1.40. The van der Waals surface area contributed by atoms with Crippen molar-refractivity contribution in [1.29, 1.82) is 5.26 Å². The number of benzene rings is 2. The highest BCUT2D eigenvalue weighted by Gasteiger charge is 2.07. The molecular weight excluding hydrogens is 412 g/mol. The number of nitriles is 1. The smallest absolute Gasteiger partial charge is 0.266 e. The molecular formula is C26H20N6O. The monoisotopic (exact) mass is 432 g/mol. The largest absolute Gasteiger partial charge is 0.275 e. The SMILES string of the molecule is Cn1cc(-c2cnc3ccc(CCn4nc(-c5cccc(C#N)c5)ccc4=O)cc3c2)cn1. The molecule has 0 aliphatic carbocycles. The fourth-order valence-electron chi connectivity index (χ4n) is 3.81. The van der Waals surface area contributed by atoms with Crippen molar-refractivity contribution < 1.29 is 0 Å². The normalized spacial score (nSPS) is 10.9. The van der Waals surface area contributed by atoms with Gasteiger partial charge in [-0.2, -0.15) is 15.5 Å². The van der Waals surface area contributed by atoms with Gasteiger partial charge >= 0.3 is 0 Å². The van der Waals surface area contributed by atoms with Crippen molar-refractivity contribution in [3.05, 3.63) is 101 Å². The molecule has 7 nitrogen and oxygen atoms in total. The van der Waals surface area contributed by atoms with Gasteiger partial charge in [0.2, 0.25) is 0 Å². The number of rotatable bonds is 5. The molecule has 0 amide bonds. The van der Waals surface area contributed by atoms with Crippen LogP contribution in [0.2, 0.25) is 0 Å². The van der Waals surface area contributed by atoms with E-state index >= 15 is 0 Å². The van der Waals surface area contributed by atoms with Crippen LogP contribution in [0.5, 0.6) is 0 Å². The van der Waals surface area contributed by atoms with E-state index in [0.29, 0.717) is 24.2 Å². The van der Waals surface area contributed by atoms with Gasteiger partial charge < -0.3 is 0 Å². The van der Waals surface area contributed by atoms with Crippen molar-refractivity contribution in [2.75, 3.05) is 0 Å². The highest BCUT2D eigenvalue weighted by atomic mass is 16.1. The van der Waals surface area contributed by atoms with Crippen LogP contribution in [0.1, 0.15) is 11.1 Å². The summed E-state index contributed by atoms with van der Waals surface area (Å²) in [6, 6.07) is 20.8. The molecule has 2 aromatic carbocycles. The van der Waals surface area contributed by atoms with Crippen LogP contribution in [-0.2, 0) is 20.0 Å². The predicted octanol–water partition coefficient (Wildman–Crippen LogP) is 3.97. The van der Waals surface area contributed by atoms with Gasteiger partial charge in [-0.1, -0.05) is 18.2 Å². The van der Waals surface area contributed by atoms with Crippen LogP contribution in [0.3, 0.4) is 0 Å². The Morgan fingerprint density at radius 3 is 2.70 bits per heavy atom. The van der Waals surface area contributed by atoms with Gasteiger partial charge in [-0.05, 0) is 48.4 Å². The maximum Gasteiger partial charge on any atom is 0.266 e. The summed E-state index contributed by atoms with van der Waals surface area (Å²) in [5.74, 6) is 0. The molecule has 33 heavy (non-hydrogen) atoms. The summed E-state index contributed by atoms with van der Waals surface area (Å²) >= 11 is 0. The summed E-state index contributed by atoms with van der Waals surface area (Å²) in [4.78, 5) is 17.0. The maximum absolute atomic E-state index is 12.4. The minimum absolute atomic E-state index is 0.156. The summed E-state index contributed by atoms with van der Waals surface area (Å²) in [5, 5.41) is 18.9. The maximum atomic E-state index is 12.4. The summed E-state index contributed by atoms with van der Waals surface area (Å²) in [5.41, 5.74) is 5.92. The molecule has 0 unspecified atom stereocenters. The van der Waals surface area contributed by atoms with Gasteiger partial charge in [0, 0.05) is 54.1 Å². The Hall–Kier alpha value is -4.57. The lowest BCUT2D eigenvalue weighted by atomic mass is 10.1. The van der Waals surface area contributed by atoms with Gasteiger partial charge in [0.25, 0.3) is 5.56 Å². The number of aromatic nitrogens is 5. The van der Waals surface area contributed by atoms with Gasteiger partial charge in [0.15, 0.2) is 0 Å². The van der Waals surface area contributed by atoms with E-state index in [-0.39, 0.29) is 5.56 Å². The Kier molecular flexibility index (Phi) is 5.25. The van der Waals surface area contributed by atoms with Crippen LogP contribution in [0, 0.1) is 11.3 Å². The highest BCUT2D eigenvalue weighted by Crippen LogP contribution is 2.23. The van der Waals surface area contributed by atoms with Gasteiger partial charge in [-0.3, -0.25) is 14.5 Å². The summed E-state index contributed by atoms with van der Waals surface area (Å²) in [6.07, 6.45) is 6.30. The topological polar surface area (TPSA) is 89.4 Å². The number of pyridine rings is 1. The minimum Gasteiger partial charge on any atom is -0.275 e. The van der Waals surface area contributed by atoms with Crippen molar-refractivity contribution in [1.82, 2.24) is 24.5 Å². The highest BCUT2D eigenvalue weighted by molar-refractivity contribution is 5.83. The fraction of sp³-hybridized carbons (Fsp3) is 0.115. The number of aryl methyl sites for hydroxylation is 3. The van der Waals surface area contributed by atoms with Crippen LogP contribution >= 0.6 is 0 Å². The van der Waals surface area contributed by atoms with E-state index in [9.17, 15) is 4.79 Å². The quantitative estimate of drug-likeness (QED) is 0.419. The lowest BCUT2D eigenvalue weighted by molar-refractivity contribution is 0.581. The van der Waals surface area contributed by atoms with E-state index in [0.717, 1.165) is 33.2 Å². The van der Waals surface area contributed by atoms with Crippen LogP contribution in [-0.4, -0.2) is 24.5 Å². The molecule has 160 valence electrons. The van der Waals surface area contributed by atoms with E-state index in [2.05, 4.69) is 33.4 Å². The molecule has 0 spiro atoms. The third-order valence-corrected chi connectivity index (χ3v) is 5.55. The molecule has 3 aromatic heterocycles. The molecule has 5 aromatic rings. The number of hydrogen-bond donors (Lipinski definition) is 0. The molecule has 0 N–H and O–H groups in total. The molecule has 0 aliphatic heterocycles. The number of nitrogens with zero attached hydrogens (tertiary/aromatic N) is 6. The van der Waals surface area contributed by atoms with Crippen LogP contribution < -0.4 is 5.56 Å². The fourth-order valence-corrected chi connectivity index (χ4v) is 3.81. The molecule has 3 heterocycles. The van der Waals surface area contributed by atoms with E-state index in [1.165, 1.54) is 10.7 Å². The lowest BCUT2D eigenvalue weighted by Gasteiger charge is -2.09. The van der Waals surface area contributed by atoms with Crippen molar-refractivity contribution in [3.8, 4) is 28.5 Å². The van der Waals surface area contributed by atoms with Crippen molar-refractivity contribution in [2.45, 2.75) is 13.0 Å².